The van der Waals surface area contributed by atoms with Crippen LogP contribution in [0.1, 0.15) is 31.6 Å². The molecule has 0 spiro atoms. The topological polar surface area (TPSA) is 49.9 Å². The minimum absolute atomic E-state index is 0.0744. The summed E-state index contributed by atoms with van der Waals surface area (Å²) in [7, 11) is 0. The van der Waals surface area contributed by atoms with Crippen LogP contribution in [0.25, 0.3) is 0 Å². The molecule has 0 fully saturated rings. The number of aromatic nitrogens is 2. The van der Waals surface area contributed by atoms with Crippen LogP contribution in [0, 0.1) is 0 Å². The minimum atomic E-state index is 0.0744. The van der Waals surface area contributed by atoms with Crippen LogP contribution in [-0.4, -0.2) is 23.1 Å². The Hall–Kier alpha value is -1.29. The molecule has 4 nitrogen and oxygen atoms in total. The SMILES string of the molecule is CCNC(C1=CCCCO1)c1ncc[nH]1. The highest BCUT2D eigenvalue weighted by atomic mass is 16.5. The summed E-state index contributed by atoms with van der Waals surface area (Å²) in [5.74, 6) is 1.92. The molecule has 4 heteroatoms. The van der Waals surface area contributed by atoms with Gasteiger partial charge in [0.2, 0.25) is 0 Å². The maximum atomic E-state index is 5.66. The lowest BCUT2D eigenvalue weighted by molar-refractivity contribution is 0.166. The van der Waals surface area contributed by atoms with Crippen LogP contribution in [0.3, 0.4) is 0 Å². The number of hydrogen-bond donors (Lipinski definition) is 2. The van der Waals surface area contributed by atoms with Crippen LogP contribution < -0.4 is 5.32 Å². The van der Waals surface area contributed by atoms with Gasteiger partial charge >= 0.3 is 0 Å². The number of likely N-dealkylation sites (N-methyl/N-ethyl adjacent to an activating group) is 1. The molecule has 0 saturated heterocycles. The minimum Gasteiger partial charge on any atom is -0.496 e. The summed E-state index contributed by atoms with van der Waals surface area (Å²) in [6.07, 6.45) is 7.96. The molecule has 0 saturated carbocycles. The fourth-order valence-corrected chi connectivity index (χ4v) is 1.75. The Labute approximate surface area is 89.7 Å². The van der Waals surface area contributed by atoms with Gasteiger partial charge in [0, 0.05) is 12.4 Å². The molecule has 0 aromatic carbocycles. The van der Waals surface area contributed by atoms with Crippen molar-refractivity contribution in [3.8, 4) is 0 Å². The van der Waals surface area contributed by atoms with Crippen molar-refractivity contribution in [1.82, 2.24) is 15.3 Å². The molecule has 1 aromatic rings. The molecule has 15 heavy (non-hydrogen) atoms. The van der Waals surface area contributed by atoms with Crippen molar-refractivity contribution in [1.29, 1.82) is 0 Å². The maximum absolute atomic E-state index is 5.66. The van der Waals surface area contributed by atoms with Crippen LogP contribution in [0.5, 0.6) is 0 Å². The van der Waals surface area contributed by atoms with Gasteiger partial charge < -0.3 is 15.0 Å². The van der Waals surface area contributed by atoms with Crippen molar-refractivity contribution < 1.29 is 4.74 Å². The van der Waals surface area contributed by atoms with Crippen molar-refractivity contribution in [2.24, 2.45) is 0 Å². The average molecular weight is 207 g/mol. The first-order valence-corrected chi connectivity index (χ1v) is 5.47. The van der Waals surface area contributed by atoms with Crippen LogP contribution in [-0.2, 0) is 4.74 Å². The molecular weight excluding hydrogens is 190 g/mol. The Morgan fingerprint density at radius 2 is 2.60 bits per heavy atom. The summed E-state index contributed by atoms with van der Waals surface area (Å²) in [6.45, 7) is 3.79. The lowest BCUT2D eigenvalue weighted by Crippen LogP contribution is -2.26. The third-order valence-corrected chi connectivity index (χ3v) is 2.45. The molecule has 1 atom stereocenters. The molecule has 2 N–H and O–H groups in total. The van der Waals surface area contributed by atoms with Gasteiger partial charge in [0.1, 0.15) is 17.6 Å². The van der Waals surface area contributed by atoms with Gasteiger partial charge in [-0.25, -0.2) is 4.98 Å². The van der Waals surface area contributed by atoms with E-state index in [4.69, 9.17) is 4.74 Å². The number of H-pyrrole nitrogens is 1. The lowest BCUT2D eigenvalue weighted by Gasteiger charge is -2.22. The molecule has 82 valence electrons. The summed E-state index contributed by atoms with van der Waals surface area (Å²) in [6, 6.07) is 0.0744. The zero-order valence-electron chi connectivity index (χ0n) is 8.99. The van der Waals surface area contributed by atoms with Crippen molar-refractivity contribution in [2.75, 3.05) is 13.2 Å². The number of rotatable bonds is 4. The second-order valence-electron chi connectivity index (χ2n) is 3.56. The zero-order chi connectivity index (χ0) is 10.5. The van der Waals surface area contributed by atoms with Crippen LogP contribution in [0.4, 0.5) is 0 Å². The summed E-state index contributed by atoms with van der Waals surface area (Å²) in [5, 5.41) is 3.37. The fraction of sp³-hybridized carbons (Fsp3) is 0.545. The number of nitrogens with one attached hydrogen (secondary N) is 2. The van der Waals surface area contributed by atoms with Gasteiger partial charge in [-0.15, -0.1) is 0 Å². The van der Waals surface area contributed by atoms with E-state index in [0.29, 0.717) is 0 Å². The molecule has 1 aliphatic rings. The number of hydrogen-bond acceptors (Lipinski definition) is 3. The van der Waals surface area contributed by atoms with Crippen molar-refractivity contribution in [3.63, 3.8) is 0 Å². The van der Waals surface area contributed by atoms with E-state index in [1.807, 2.05) is 6.20 Å². The molecule has 1 unspecified atom stereocenters. The van der Waals surface area contributed by atoms with Gasteiger partial charge in [0.05, 0.1) is 6.61 Å². The largest absolute Gasteiger partial charge is 0.496 e. The second kappa shape index (κ2) is 4.98. The van der Waals surface area contributed by atoms with Gasteiger partial charge in [0.25, 0.3) is 0 Å². The Morgan fingerprint density at radius 3 is 3.20 bits per heavy atom. The predicted octanol–water partition coefficient (Wildman–Crippen LogP) is 1.75. The number of nitrogens with zero attached hydrogens (tertiary/aromatic N) is 1. The molecule has 0 radical (unpaired) electrons. The first kappa shape index (κ1) is 10.2. The van der Waals surface area contributed by atoms with E-state index in [0.717, 1.165) is 37.6 Å². The van der Waals surface area contributed by atoms with E-state index in [9.17, 15) is 0 Å². The summed E-state index contributed by atoms with van der Waals surface area (Å²) in [5.41, 5.74) is 0. The average Bonchev–Trinajstić information content (AvgIpc) is 2.80. The Bertz CT molecular complexity index is 319. The lowest BCUT2D eigenvalue weighted by atomic mass is 10.1. The first-order valence-electron chi connectivity index (χ1n) is 5.47. The monoisotopic (exact) mass is 207 g/mol. The highest BCUT2D eigenvalue weighted by molar-refractivity contribution is 5.13. The third-order valence-electron chi connectivity index (χ3n) is 2.45. The normalized spacial score (nSPS) is 18.1. The number of imidazole rings is 1. The second-order valence-corrected chi connectivity index (χ2v) is 3.56. The zero-order valence-corrected chi connectivity index (χ0v) is 8.99. The van der Waals surface area contributed by atoms with Gasteiger partial charge in [-0.05, 0) is 25.5 Å². The Balaban J connectivity index is 2.15. The third kappa shape index (κ3) is 2.39. The Kier molecular flexibility index (Phi) is 3.40. The first-order chi connectivity index (χ1) is 7.42. The highest BCUT2D eigenvalue weighted by Gasteiger charge is 2.20. The molecular formula is C11H17N3O. The van der Waals surface area contributed by atoms with Gasteiger partial charge in [-0.2, -0.15) is 0 Å². The van der Waals surface area contributed by atoms with Crippen LogP contribution >= 0.6 is 0 Å². The molecule has 2 heterocycles. The van der Waals surface area contributed by atoms with Crippen LogP contribution in [0.15, 0.2) is 24.2 Å². The summed E-state index contributed by atoms with van der Waals surface area (Å²) < 4.78 is 5.66. The molecule has 0 amide bonds. The van der Waals surface area contributed by atoms with Crippen LogP contribution in [0.2, 0.25) is 0 Å². The summed E-state index contributed by atoms with van der Waals surface area (Å²) >= 11 is 0. The molecule has 0 aliphatic carbocycles. The number of ether oxygens (including phenoxy) is 1. The fourth-order valence-electron chi connectivity index (χ4n) is 1.75. The highest BCUT2D eigenvalue weighted by Crippen LogP contribution is 2.23. The van der Waals surface area contributed by atoms with Crippen molar-refractivity contribution in [3.05, 3.63) is 30.1 Å². The van der Waals surface area contributed by atoms with E-state index in [1.54, 1.807) is 6.20 Å². The van der Waals surface area contributed by atoms with Gasteiger partial charge in [-0.1, -0.05) is 6.92 Å². The standard InChI is InChI=1S/C11H17N3O/c1-2-12-10(11-13-6-7-14-11)9-5-3-4-8-15-9/h5-7,10,12H,2-4,8H2,1H3,(H,13,14). The van der Waals surface area contributed by atoms with Crippen molar-refractivity contribution >= 4 is 0 Å². The molecule has 1 aliphatic heterocycles. The molecule has 1 aromatic heterocycles. The van der Waals surface area contributed by atoms with E-state index in [1.165, 1.54) is 0 Å². The maximum Gasteiger partial charge on any atom is 0.131 e. The van der Waals surface area contributed by atoms with E-state index < -0.39 is 0 Å². The smallest absolute Gasteiger partial charge is 0.131 e. The van der Waals surface area contributed by atoms with E-state index in [2.05, 4.69) is 28.3 Å². The van der Waals surface area contributed by atoms with Crippen molar-refractivity contribution in [2.45, 2.75) is 25.8 Å². The van der Waals surface area contributed by atoms with E-state index >= 15 is 0 Å². The van der Waals surface area contributed by atoms with Gasteiger partial charge in [0.15, 0.2) is 0 Å². The van der Waals surface area contributed by atoms with E-state index in [-0.39, 0.29) is 6.04 Å². The molecule has 0 bridgehead atoms. The summed E-state index contributed by atoms with van der Waals surface area (Å²) in [4.78, 5) is 7.40. The predicted molar refractivity (Wildman–Crippen MR) is 58.3 cm³/mol. The Morgan fingerprint density at radius 1 is 1.67 bits per heavy atom. The molecule has 2 rings (SSSR count). The number of aromatic amines is 1. The van der Waals surface area contributed by atoms with Gasteiger partial charge in [-0.3, -0.25) is 0 Å². The number of allylic oxidation sites excluding steroid dienone is 1. The quantitative estimate of drug-likeness (QED) is 0.791.